The molecule has 2 heterocycles. The number of anilines is 2. The summed E-state index contributed by atoms with van der Waals surface area (Å²) < 4.78 is 5.14. The number of nitrogens with one attached hydrogen (secondary N) is 3. The van der Waals surface area contributed by atoms with E-state index in [0.29, 0.717) is 28.6 Å². The molecule has 3 N–H and O–H groups in total. The van der Waals surface area contributed by atoms with Crippen LogP contribution in [0.4, 0.5) is 16.2 Å². The molecule has 3 amide bonds. The van der Waals surface area contributed by atoms with Crippen molar-refractivity contribution >= 4 is 34.6 Å². The summed E-state index contributed by atoms with van der Waals surface area (Å²) in [5, 5.41) is 10.1. The Kier molecular flexibility index (Phi) is 5.15. The normalized spacial score (nSPS) is 10.3. The molecule has 128 valence electrons. The minimum absolute atomic E-state index is 0.135. The molecule has 0 fully saturated rings. The number of rotatable bonds is 5. The van der Waals surface area contributed by atoms with E-state index in [2.05, 4.69) is 16.0 Å². The van der Waals surface area contributed by atoms with Crippen molar-refractivity contribution in [1.29, 1.82) is 0 Å². The maximum absolute atomic E-state index is 12.2. The van der Waals surface area contributed by atoms with Crippen molar-refractivity contribution in [1.82, 2.24) is 5.32 Å². The molecule has 0 aliphatic rings. The van der Waals surface area contributed by atoms with Crippen LogP contribution in [0.3, 0.4) is 0 Å². The number of urea groups is 1. The monoisotopic (exact) mass is 355 g/mol. The van der Waals surface area contributed by atoms with Crippen LogP contribution in [-0.4, -0.2) is 11.9 Å². The number of amides is 3. The molecule has 6 nitrogen and oxygen atoms in total. The van der Waals surface area contributed by atoms with Crippen molar-refractivity contribution in [2.24, 2.45) is 0 Å². The molecule has 0 bridgehead atoms. The van der Waals surface area contributed by atoms with Gasteiger partial charge in [-0.25, -0.2) is 4.79 Å². The summed E-state index contributed by atoms with van der Waals surface area (Å²) in [6, 6.07) is 12.1. The van der Waals surface area contributed by atoms with Crippen molar-refractivity contribution in [3.63, 3.8) is 0 Å². The molecule has 0 saturated heterocycles. The van der Waals surface area contributed by atoms with Gasteiger partial charge in [0.25, 0.3) is 5.91 Å². The fraction of sp³-hybridized carbons (Fsp3) is 0.111. The lowest BCUT2D eigenvalue weighted by atomic mass is 10.2. The molecule has 0 spiro atoms. The van der Waals surface area contributed by atoms with Gasteiger partial charge in [-0.1, -0.05) is 0 Å². The minimum Gasteiger partial charge on any atom is -0.467 e. The smallest absolute Gasteiger partial charge is 0.319 e. The highest BCUT2D eigenvalue weighted by Crippen LogP contribution is 2.19. The molecule has 3 rings (SSSR count). The highest BCUT2D eigenvalue weighted by atomic mass is 32.1. The predicted octanol–water partition coefficient (Wildman–Crippen LogP) is 4.22. The topological polar surface area (TPSA) is 83.4 Å². The highest BCUT2D eigenvalue weighted by Gasteiger charge is 2.10. The second-order valence-corrected chi connectivity index (χ2v) is 6.27. The van der Waals surface area contributed by atoms with Crippen LogP contribution in [0.2, 0.25) is 0 Å². The second-order valence-electron chi connectivity index (χ2n) is 5.35. The second kappa shape index (κ2) is 7.67. The summed E-state index contributed by atoms with van der Waals surface area (Å²) in [5.41, 5.74) is 2.25. The van der Waals surface area contributed by atoms with Crippen LogP contribution in [0.1, 0.15) is 21.0 Å². The Balaban J connectivity index is 1.52. The molecular formula is C18H17N3O3S. The molecule has 7 heteroatoms. The molecule has 1 aromatic carbocycles. The Hall–Kier alpha value is -3.06. The first-order valence-corrected chi connectivity index (χ1v) is 8.52. The molecule has 0 aliphatic carbocycles. The van der Waals surface area contributed by atoms with Crippen molar-refractivity contribution < 1.29 is 14.0 Å². The highest BCUT2D eigenvalue weighted by molar-refractivity contribution is 7.12. The summed E-state index contributed by atoms with van der Waals surface area (Å²) in [7, 11) is 0. The predicted molar refractivity (Wildman–Crippen MR) is 98.0 cm³/mol. The number of furan rings is 1. The summed E-state index contributed by atoms with van der Waals surface area (Å²) in [6.45, 7) is 2.22. The Morgan fingerprint density at radius 2 is 1.76 bits per heavy atom. The maximum atomic E-state index is 12.2. The van der Waals surface area contributed by atoms with Crippen LogP contribution in [0.15, 0.2) is 58.5 Å². The summed E-state index contributed by atoms with van der Waals surface area (Å²) in [6.07, 6.45) is 1.56. The van der Waals surface area contributed by atoms with Gasteiger partial charge in [-0.15, -0.1) is 11.3 Å². The zero-order chi connectivity index (χ0) is 17.6. The van der Waals surface area contributed by atoms with Crippen LogP contribution < -0.4 is 16.0 Å². The number of carbonyl (C=O) groups excluding carboxylic acids is 2. The fourth-order valence-electron chi connectivity index (χ4n) is 2.19. The molecule has 3 aromatic rings. The standard InChI is InChI=1S/C18H17N3O3S/c1-12-8-10-25-16(12)17(22)20-13-4-6-14(7-5-13)21-18(23)19-11-15-3-2-9-24-15/h2-10H,11H2,1H3,(H,20,22)(H2,19,21,23). The van der Waals surface area contributed by atoms with Gasteiger partial charge in [0.1, 0.15) is 5.76 Å². The van der Waals surface area contributed by atoms with Gasteiger partial charge in [0.05, 0.1) is 17.7 Å². The quantitative estimate of drug-likeness (QED) is 0.640. The van der Waals surface area contributed by atoms with Gasteiger partial charge in [0.2, 0.25) is 0 Å². The first kappa shape index (κ1) is 16.8. The number of carbonyl (C=O) groups is 2. The van der Waals surface area contributed by atoms with Crippen molar-refractivity contribution in [3.8, 4) is 0 Å². The van der Waals surface area contributed by atoms with Gasteiger partial charge in [-0.2, -0.15) is 0 Å². The van der Waals surface area contributed by atoms with Crippen LogP contribution in [0.25, 0.3) is 0 Å². The molecule has 2 aromatic heterocycles. The van der Waals surface area contributed by atoms with Gasteiger partial charge >= 0.3 is 6.03 Å². The zero-order valence-corrected chi connectivity index (χ0v) is 14.4. The average molecular weight is 355 g/mol. The Bertz CT molecular complexity index is 854. The lowest BCUT2D eigenvalue weighted by Crippen LogP contribution is -2.27. The van der Waals surface area contributed by atoms with Crippen molar-refractivity contribution in [3.05, 3.63) is 70.3 Å². The molecule has 0 unspecified atom stereocenters. The number of benzene rings is 1. The SMILES string of the molecule is Cc1ccsc1C(=O)Nc1ccc(NC(=O)NCc2ccco2)cc1. The third-order valence-corrected chi connectivity index (χ3v) is 4.49. The Morgan fingerprint density at radius 3 is 2.36 bits per heavy atom. The Labute approximate surface area is 148 Å². The van der Waals surface area contributed by atoms with E-state index in [-0.39, 0.29) is 11.9 Å². The van der Waals surface area contributed by atoms with E-state index >= 15 is 0 Å². The van der Waals surface area contributed by atoms with Crippen LogP contribution >= 0.6 is 11.3 Å². The molecule has 25 heavy (non-hydrogen) atoms. The number of hydrogen-bond acceptors (Lipinski definition) is 4. The van der Waals surface area contributed by atoms with Crippen LogP contribution in [0, 0.1) is 6.92 Å². The summed E-state index contributed by atoms with van der Waals surface area (Å²) >= 11 is 1.41. The zero-order valence-electron chi connectivity index (χ0n) is 13.5. The van der Waals surface area contributed by atoms with Gasteiger partial charge in [0.15, 0.2) is 0 Å². The first-order valence-electron chi connectivity index (χ1n) is 7.64. The molecule has 0 saturated carbocycles. The van der Waals surface area contributed by atoms with E-state index < -0.39 is 0 Å². The van der Waals surface area contributed by atoms with E-state index in [4.69, 9.17) is 4.42 Å². The summed E-state index contributed by atoms with van der Waals surface area (Å²) in [5.74, 6) is 0.543. The van der Waals surface area contributed by atoms with Gasteiger partial charge < -0.3 is 20.4 Å². The van der Waals surface area contributed by atoms with E-state index in [1.807, 2.05) is 18.4 Å². The van der Waals surface area contributed by atoms with Crippen LogP contribution in [0.5, 0.6) is 0 Å². The third-order valence-electron chi connectivity index (χ3n) is 3.47. The number of thiophene rings is 1. The lowest BCUT2D eigenvalue weighted by Gasteiger charge is -2.08. The summed E-state index contributed by atoms with van der Waals surface area (Å²) in [4.78, 5) is 24.7. The maximum Gasteiger partial charge on any atom is 0.319 e. The van der Waals surface area contributed by atoms with E-state index in [1.165, 1.54) is 11.3 Å². The van der Waals surface area contributed by atoms with Crippen LogP contribution in [-0.2, 0) is 6.54 Å². The Morgan fingerprint density at radius 1 is 1.04 bits per heavy atom. The third kappa shape index (κ3) is 4.48. The van der Waals surface area contributed by atoms with Gasteiger partial charge in [-0.3, -0.25) is 4.79 Å². The molecule has 0 atom stereocenters. The molecular weight excluding hydrogens is 338 g/mol. The lowest BCUT2D eigenvalue weighted by molar-refractivity contribution is 0.103. The van der Waals surface area contributed by atoms with Gasteiger partial charge in [-0.05, 0) is 60.3 Å². The van der Waals surface area contributed by atoms with Crippen molar-refractivity contribution in [2.45, 2.75) is 13.5 Å². The number of aryl methyl sites for hydroxylation is 1. The largest absolute Gasteiger partial charge is 0.467 e. The minimum atomic E-state index is -0.331. The molecule has 0 radical (unpaired) electrons. The average Bonchev–Trinajstić information content (AvgIpc) is 3.26. The number of hydrogen-bond donors (Lipinski definition) is 3. The fourth-order valence-corrected chi connectivity index (χ4v) is 3.01. The van der Waals surface area contributed by atoms with E-state index in [1.54, 1.807) is 42.7 Å². The van der Waals surface area contributed by atoms with Gasteiger partial charge in [0, 0.05) is 11.4 Å². The van der Waals surface area contributed by atoms with Crippen molar-refractivity contribution in [2.75, 3.05) is 10.6 Å². The van der Waals surface area contributed by atoms with E-state index in [9.17, 15) is 9.59 Å². The molecule has 0 aliphatic heterocycles. The van der Waals surface area contributed by atoms with E-state index in [0.717, 1.165) is 5.56 Å². The first-order chi connectivity index (χ1) is 12.1.